The van der Waals surface area contributed by atoms with Gasteiger partial charge in [-0.15, -0.1) is 11.3 Å². The SMILES string of the molecule is O=C(O)C1Cc2ncsc2N1. The minimum absolute atomic E-state index is 0.468. The highest BCUT2D eigenvalue weighted by atomic mass is 32.1. The number of rotatable bonds is 1. The van der Waals surface area contributed by atoms with Crippen molar-refractivity contribution in [1.82, 2.24) is 4.98 Å². The molecule has 0 radical (unpaired) electrons. The lowest BCUT2D eigenvalue weighted by Gasteiger charge is -2.02. The van der Waals surface area contributed by atoms with E-state index in [2.05, 4.69) is 10.3 Å². The fourth-order valence-electron chi connectivity index (χ4n) is 1.08. The number of nitrogens with one attached hydrogen (secondary N) is 1. The Morgan fingerprint density at radius 3 is 3.36 bits per heavy atom. The molecule has 2 heterocycles. The fourth-order valence-corrected chi connectivity index (χ4v) is 1.85. The zero-order valence-corrected chi connectivity index (χ0v) is 6.39. The summed E-state index contributed by atoms with van der Waals surface area (Å²) in [6.45, 7) is 0. The Morgan fingerprint density at radius 1 is 1.91 bits per heavy atom. The van der Waals surface area contributed by atoms with Crippen molar-refractivity contribution < 1.29 is 9.90 Å². The Bertz CT molecular complexity index is 276. The van der Waals surface area contributed by atoms with E-state index in [0.29, 0.717) is 6.42 Å². The van der Waals surface area contributed by atoms with Crippen LogP contribution in [0.25, 0.3) is 0 Å². The van der Waals surface area contributed by atoms with E-state index in [4.69, 9.17) is 5.11 Å². The summed E-state index contributed by atoms with van der Waals surface area (Å²) in [6, 6.07) is -0.468. The van der Waals surface area contributed by atoms with Crippen molar-refractivity contribution in [3.8, 4) is 0 Å². The third-order valence-electron chi connectivity index (χ3n) is 1.64. The second-order valence-corrected chi connectivity index (χ2v) is 3.22. The van der Waals surface area contributed by atoms with E-state index in [1.54, 1.807) is 5.51 Å². The monoisotopic (exact) mass is 170 g/mol. The first-order valence-corrected chi connectivity index (χ1v) is 4.07. The lowest BCUT2D eigenvalue weighted by atomic mass is 10.2. The molecule has 2 rings (SSSR count). The van der Waals surface area contributed by atoms with E-state index in [-0.39, 0.29) is 0 Å². The number of carboxylic acids is 1. The van der Waals surface area contributed by atoms with Gasteiger partial charge >= 0.3 is 5.97 Å². The number of aliphatic carboxylic acids is 1. The quantitative estimate of drug-likeness (QED) is 0.646. The molecular weight excluding hydrogens is 164 g/mol. The number of carboxylic acid groups (broad SMARTS) is 1. The molecule has 1 atom stereocenters. The first kappa shape index (κ1) is 6.60. The van der Waals surface area contributed by atoms with E-state index in [0.717, 1.165) is 10.7 Å². The van der Waals surface area contributed by atoms with Crippen LogP contribution in [0.5, 0.6) is 0 Å². The summed E-state index contributed by atoms with van der Waals surface area (Å²) < 4.78 is 0. The van der Waals surface area contributed by atoms with E-state index >= 15 is 0 Å². The molecule has 1 aromatic rings. The van der Waals surface area contributed by atoms with Crippen molar-refractivity contribution in [2.45, 2.75) is 12.5 Å². The number of hydrogen-bond acceptors (Lipinski definition) is 4. The van der Waals surface area contributed by atoms with Gasteiger partial charge in [-0.3, -0.25) is 0 Å². The summed E-state index contributed by atoms with van der Waals surface area (Å²) in [7, 11) is 0. The number of thiazole rings is 1. The van der Waals surface area contributed by atoms with Crippen LogP contribution in [0.4, 0.5) is 5.00 Å². The zero-order chi connectivity index (χ0) is 7.84. The number of hydrogen-bond donors (Lipinski definition) is 2. The Morgan fingerprint density at radius 2 is 2.73 bits per heavy atom. The van der Waals surface area contributed by atoms with Crippen LogP contribution in [0.3, 0.4) is 0 Å². The van der Waals surface area contributed by atoms with Crippen molar-refractivity contribution in [3.63, 3.8) is 0 Å². The molecule has 0 saturated heterocycles. The predicted octanol–water partition coefficient (Wildman–Crippen LogP) is 0.564. The number of anilines is 1. The lowest BCUT2D eigenvalue weighted by Crippen LogP contribution is -2.26. The normalized spacial score (nSPS) is 20.9. The highest BCUT2D eigenvalue weighted by Gasteiger charge is 2.27. The maximum atomic E-state index is 10.5. The highest BCUT2D eigenvalue weighted by molar-refractivity contribution is 7.14. The molecule has 0 spiro atoms. The number of carbonyl (C=O) groups is 1. The Balaban J connectivity index is 2.22. The molecular formula is C6H6N2O2S. The Hall–Kier alpha value is -1.10. The van der Waals surface area contributed by atoms with E-state index in [1.807, 2.05) is 0 Å². The topological polar surface area (TPSA) is 62.2 Å². The van der Waals surface area contributed by atoms with Crippen molar-refractivity contribution in [3.05, 3.63) is 11.2 Å². The molecule has 0 aliphatic carbocycles. The second kappa shape index (κ2) is 2.20. The first-order chi connectivity index (χ1) is 5.27. The standard InChI is InChI=1S/C6H6N2O2S/c9-6(10)4-1-3-5(8-4)11-2-7-3/h2,4,8H,1H2,(H,9,10). The van der Waals surface area contributed by atoms with Crippen molar-refractivity contribution in [2.75, 3.05) is 5.32 Å². The molecule has 0 amide bonds. The van der Waals surface area contributed by atoms with Gasteiger partial charge in [0.15, 0.2) is 0 Å². The van der Waals surface area contributed by atoms with Gasteiger partial charge in [0.25, 0.3) is 0 Å². The van der Waals surface area contributed by atoms with Crippen LogP contribution in [0.2, 0.25) is 0 Å². The van der Waals surface area contributed by atoms with Crippen LogP contribution in [-0.2, 0) is 11.2 Å². The van der Waals surface area contributed by atoms with Crippen molar-refractivity contribution >= 4 is 22.3 Å². The summed E-state index contributed by atoms with van der Waals surface area (Å²) in [5.41, 5.74) is 2.60. The molecule has 1 unspecified atom stereocenters. The van der Waals surface area contributed by atoms with Crippen LogP contribution < -0.4 is 5.32 Å². The molecule has 0 fully saturated rings. The second-order valence-electron chi connectivity index (χ2n) is 2.37. The molecule has 0 saturated carbocycles. The third kappa shape index (κ3) is 0.970. The predicted molar refractivity (Wildman–Crippen MR) is 40.9 cm³/mol. The van der Waals surface area contributed by atoms with Gasteiger partial charge in [0, 0.05) is 6.42 Å². The summed E-state index contributed by atoms with van der Waals surface area (Å²) in [6.07, 6.45) is 0.508. The Labute approximate surface area is 66.9 Å². The first-order valence-electron chi connectivity index (χ1n) is 3.19. The van der Waals surface area contributed by atoms with Crippen LogP contribution in [0.15, 0.2) is 5.51 Å². The molecule has 1 aliphatic rings. The van der Waals surface area contributed by atoms with E-state index < -0.39 is 12.0 Å². The average molecular weight is 170 g/mol. The maximum Gasteiger partial charge on any atom is 0.326 e. The minimum atomic E-state index is -0.810. The maximum absolute atomic E-state index is 10.5. The van der Waals surface area contributed by atoms with E-state index in [1.165, 1.54) is 11.3 Å². The van der Waals surface area contributed by atoms with Gasteiger partial charge in [0.2, 0.25) is 0 Å². The summed E-state index contributed by atoms with van der Waals surface area (Å²) in [4.78, 5) is 14.5. The summed E-state index contributed by atoms with van der Waals surface area (Å²) >= 11 is 1.45. The molecule has 58 valence electrons. The van der Waals surface area contributed by atoms with Crippen LogP contribution in [-0.4, -0.2) is 22.1 Å². The van der Waals surface area contributed by atoms with Gasteiger partial charge in [-0.05, 0) is 0 Å². The molecule has 1 aromatic heterocycles. The van der Waals surface area contributed by atoms with Gasteiger partial charge in [0.1, 0.15) is 11.0 Å². The lowest BCUT2D eigenvalue weighted by molar-refractivity contribution is -0.137. The summed E-state index contributed by atoms with van der Waals surface area (Å²) in [5, 5.41) is 12.4. The van der Waals surface area contributed by atoms with Gasteiger partial charge in [-0.1, -0.05) is 0 Å². The number of fused-ring (bicyclic) bond motifs is 1. The van der Waals surface area contributed by atoms with Gasteiger partial charge in [-0.2, -0.15) is 0 Å². The van der Waals surface area contributed by atoms with Crippen LogP contribution in [0.1, 0.15) is 5.69 Å². The van der Waals surface area contributed by atoms with Crippen LogP contribution >= 0.6 is 11.3 Å². The molecule has 0 aromatic carbocycles. The molecule has 11 heavy (non-hydrogen) atoms. The molecule has 1 aliphatic heterocycles. The fraction of sp³-hybridized carbons (Fsp3) is 0.333. The molecule has 5 heteroatoms. The Kier molecular flexibility index (Phi) is 1.32. The third-order valence-corrected chi connectivity index (χ3v) is 2.44. The van der Waals surface area contributed by atoms with Crippen molar-refractivity contribution in [1.29, 1.82) is 0 Å². The van der Waals surface area contributed by atoms with Gasteiger partial charge in [-0.25, -0.2) is 9.78 Å². The molecule has 0 bridgehead atoms. The van der Waals surface area contributed by atoms with Gasteiger partial charge in [0.05, 0.1) is 11.2 Å². The van der Waals surface area contributed by atoms with E-state index in [9.17, 15) is 4.79 Å². The van der Waals surface area contributed by atoms with Crippen LogP contribution in [0, 0.1) is 0 Å². The summed E-state index contributed by atoms with van der Waals surface area (Å²) in [5.74, 6) is -0.810. The van der Waals surface area contributed by atoms with Gasteiger partial charge < -0.3 is 10.4 Å². The number of aromatic nitrogens is 1. The molecule has 4 nitrogen and oxygen atoms in total. The highest BCUT2D eigenvalue weighted by Crippen LogP contribution is 2.28. The average Bonchev–Trinajstić information content (AvgIpc) is 2.40. The number of nitrogens with zero attached hydrogens (tertiary/aromatic N) is 1. The minimum Gasteiger partial charge on any atom is -0.480 e. The largest absolute Gasteiger partial charge is 0.480 e. The molecule has 2 N–H and O–H groups in total. The van der Waals surface area contributed by atoms with Crippen molar-refractivity contribution in [2.24, 2.45) is 0 Å². The zero-order valence-electron chi connectivity index (χ0n) is 5.57. The smallest absolute Gasteiger partial charge is 0.326 e.